The number of piperazine rings is 1. The number of rotatable bonds is 4. The minimum absolute atomic E-state index is 0.856. The van der Waals surface area contributed by atoms with Gasteiger partial charge in [0.15, 0.2) is 5.16 Å². The van der Waals surface area contributed by atoms with Crippen molar-refractivity contribution in [2.75, 3.05) is 39.2 Å². The van der Waals surface area contributed by atoms with E-state index < -0.39 is 0 Å². The van der Waals surface area contributed by atoms with Crippen LogP contribution in [0.1, 0.15) is 0 Å². The fourth-order valence-electron chi connectivity index (χ4n) is 2.15. The summed E-state index contributed by atoms with van der Waals surface area (Å²) in [5.74, 6) is 1.84. The van der Waals surface area contributed by atoms with Gasteiger partial charge in [0, 0.05) is 32.2 Å². The van der Waals surface area contributed by atoms with Crippen LogP contribution in [-0.4, -0.2) is 54.0 Å². The van der Waals surface area contributed by atoms with E-state index in [1.54, 1.807) is 18.9 Å². The van der Waals surface area contributed by atoms with E-state index in [1.807, 2.05) is 18.2 Å². The topological polar surface area (TPSA) is 53.2 Å². The molecular formula is C13H18N4OS. The summed E-state index contributed by atoms with van der Waals surface area (Å²) in [4.78, 5) is 10.4. The number of hydrogen-bond donors (Lipinski definition) is 2. The van der Waals surface area contributed by atoms with E-state index in [-0.39, 0.29) is 0 Å². The highest BCUT2D eigenvalue weighted by molar-refractivity contribution is 7.99. The zero-order chi connectivity index (χ0) is 13.1. The van der Waals surface area contributed by atoms with Gasteiger partial charge in [-0.05, 0) is 12.1 Å². The molecule has 2 heterocycles. The highest BCUT2D eigenvalue weighted by Gasteiger charge is 2.11. The first-order valence-electron chi connectivity index (χ1n) is 6.45. The molecule has 0 aliphatic carbocycles. The fraction of sp³-hybridized carbons (Fsp3) is 0.462. The zero-order valence-corrected chi connectivity index (χ0v) is 11.8. The smallest absolute Gasteiger partial charge is 0.167 e. The second kappa shape index (κ2) is 5.81. The third kappa shape index (κ3) is 3.02. The molecule has 1 saturated heterocycles. The van der Waals surface area contributed by atoms with Gasteiger partial charge in [-0.3, -0.25) is 4.90 Å². The first-order valence-corrected chi connectivity index (χ1v) is 7.43. The molecule has 1 aromatic carbocycles. The van der Waals surface area contributed by atoms with Crippen LogP contribution in [0.2, 0.25) is 0 Å². The highest BCUT2D eigenvalue weighted by atomic mass is 32.2. The van der Waals surface area contributed by atoms with Gasteiger partial charge in [-0.2, -0.15) is 0 Å². The van der Waals surface area contributed by atoms with Gasteiger partial charge in [0.25, 0.3) is 0 Å². The third-order valence-corrected chi connectivity index (χ3v) is 4.22. The van der Waals surface area contributed by atoms with E-state index in [2.05, 4.69) is 20.2 Å². The molecule has 19 heavy (non-hydrogen) atoms. The molecule has 0 unspecified atom stereocenters. The van der Waals surface area contributed by atoms with E-state index in [9.17, 15) is 0 Å². The maximum absolute atomic E-state index is 5.22. The van der Waals surface area contributed by atoms with E-state index in [0.29, 0.717) is 0 Å². The lowest BCUT2D eigenvalue weighted by atomic mass is 10.3. The summed E-state index contributed by atoms with van der Waals surface area (Å²) in [5.41, 5.74) is 2.02. The van der Waals surface area contributed by atoms with Crippen LogP contribution < -0.4 is 10.1 Å². The van der Waals surface area contributed by atoms with Crippen LogP contribution in [-0.2, 0) is 0 Å². The number of nitrogens with one attached hydrogen (secondary N) is 2. The standard InChI is InChI=1S/C13H18N4OS/c1-18-10-2-3-11-12(8-10)16-13(15-11)19-9-17-6-4-14-5-7-17/h2-3,8,14H,4-7,9H2,1H3,(H,15,16). The van der Waals surface area contributed by atoms with Crippen molar-refractivity contribution in [3.8, 4) is 5.75 Å². The molecule has 1 aliphatic rings. The average molecular weight is 278 g/mol. The summed E-state index contributed by atoms with van der Waals surface area (Å²) in [6, 6.07) is 5.91. The molecule has 0 atom stereocenters. The Hall–Kier alpha value is -1.24. The first-order chi connectivity index (χ1) is 9.35. The predicted octanol–water partition coefficient (Wildman–Crippen LogP) is 1.53. The van der Waals surface area contributed by atoms with Crippen molar-refractivity contribution in [1.29, 1.82) is 0 Å². The van der Waals surface area contributed by atoms with Crippen LogP contribution in [0.3, 0.4) is 0 Å². The van der Waals surface area contributed by atoms with Gasteiger partial charge >= 0.3 is 0 Å². The number of aromatic amines is 1. The maximum atomic E-state index is 5.22. The van der Waals surface area contributed by atoms with Crippen LogP contribution in [0.4, 0.5) is 0 Å². The Kier molecular flexibility index (Phi) is 3.91. The number of H-pyrrole nitrogens is 1. The number of imidazole rings is 1. The molecule has 6 heteroatoms. The summed E-state index contributed by atoms with van der Waals surface area (Å²) >= 11 is 1.76. The number of methoxy groups -OCH3 is 1. The lowest BCUT2D eigenvalue weighted by Gasteiger charge is -2.26. The zero-order valence-electron chi connectivity index (χ0n) is 11.0. The quantitative estimate of drug-likeness (QED) is 0.831. The molecule has 3 rings (SSSR count). The monoisotopic (exact) mass is 278 g/mol. The Morgan fingerprint density at radius 1 is 1.37 bits per heavy atom. The molecule has 2 N–H and O–H groups in total. The maximum Gasteiger partial charge on any atom is 0.167 e. The Labute approximate surface area is 116 Å². The lowest BCUT2D eigenvalue weighted by molar-refractivity contribution is 0.280. The molecule has 5 nitrogen and oxygen atoms in total. The van der Waals surface area contributed by atoms with E-state index >= 15 is 0 Å². The van der Waals surface area contributed by atoms with Crippen LogP contribution in [0, 0.1) is 0 Å². The van der Waals surface area contributed by atoms with Crippen LogP contribution >= 0.6 is 11.8 Å². The molecule has 0 spiro atoms. The minimum Gasteiger partial charge on any atom is -0.497 e. The summed E-state index contributed by atoms with van der Waals surface area (Å²) < 4.78 is 5.22. The van der Waals surface area contributed by atoms with Gasteiger partial charge in [-0.15, -0.1) is 0 Å². The molecule has 102 valence electrons. The average Bonchev–Trinajstić information content (AvgIpc) is 2.88. The molecule has 1 aliphatic heterocycles. The normalized spacial score (nSPS) is 16.9. The highest BCUT2D eigenvalue weighted by Crippen LogP contribution is 2.23. The molecule has 1 aromatic heterocycles. The summed E-state index contributed by atoms with van der Waals surface area (Å²) in [6.07, 6.45) is 0. The Morgan fingerprint density at radius 3 is 3.00 bits per heavy atom. The van der Waals surface area contributed by atoms with E-state index in [0.717, 1.165) is 54.0 Å². The Bertz CT molecular complexity index is 551. The van der Waals surface area contributed by atoms with Crippen molar-refractivity contribution < 1.29 is 4.74 Å². The SMILES string of the molecule is COc1ccc2nc(SCN3CCNCC3)[nH]c2c1. The van der Waals surface area contributed by atoms with Gasteiger partial charge < -0.3 is 15.0 Å². The van der Waals surface area contributed by atoms with E-state index in [4.69, 9.17) is 4.74 Å². The summed E-state index contributed by atoms with van der Waals surface area (Å²) in [6.45, 7) is 4.39. The molecule has 0 radical (unpaired) electrons. The Balaban J connectivity index is 1.67. The number of hydrogen-bond acceptors (Lipinski definition) is 5. The largest absolute Gasteiger partial charge is 0.497 e. The van der Waals surface area contributed by atoms with Gasteiger partial charge in [-0.25, -0.2) is 4.98 Å². The summed E-state index contributed by atoms with van der Waals surface area (Å²) in [7, 11) is 1.68. The van der Waals surface area contributed by atoms with Crippen LogP contribution in [0.25, 0.3) is 11.0 Å². The first kappa shape index (κ1) is 12.8. The second-order valence-corrected chi connectivity index (χ2v) is 5.50. The number of benzene rings is 1. The second-order valence-electron chi connectivity index (χ2n) is 4.57. The van der Waals surface area contributed by atoms with Gasteiger partial charge in [0.1, 0.15) is 5.75 Å². The van der Waals surface area contributed by atoms with Crippen molar-refractivity contribution in [3.63, 3.8) is 0 Å². The Morgan fingerprint density at radius 2 is 2.21 bits per heavy atom. The fourth-order valence-corrected chi connectivity index (χ4v) is 3.06. The van der Waals surface area contributed by atoms with Gasteiger partial charge in [0.2, 0.25) is 0 Å². The number of fused-ring (bicyclic) bond motifs is 1. The van der Waals surface area contributed by atoms with E-state index in [1.165, 1.54) is 0 Å². The van der Waals surface area contributed by atoms with Crippen LogP contribution in [0.15, 0.2) is 23.4 Å². The molecule has 2 aromatic rings. The molecule has 0 amide bonds. The van der Waals surface area contributed by atoms with Crippen molar-refractivity contribution in [2.24, 2.45) is 0 Å². The number of aromatic nitrogens is 2. The molecule has 0 bridgehead atoms. The van der Waals surface area contributed by atoms with Gasteiger partial charge in [0.05, 0.1) is 24.0 Å². The predicted molar refractivity (Wildman–Crippen MR) is 77.8 cm³/mol. The van der Waals surface area contributed by atoms with Crippen molar-refractivity contribution >= 4 is 22.8 Å². The number of thioether (sulfide) groups is 1. The van der Waals surface area contributed by atoms with Gasteiger partial charge in [-0.1, -0.05) is 11.8 Å². The summed E-state index contributed by atoms with van der Waals surface area (Å²) in [5, 5.41) is 4.33. The minimum atomic E-state index is 0.856. The van der Waals surface area contributed by atoms with Crippen molar-refractivity contribution in [3.05, 3.63) is 18.2 Å². The number of nitrogens with zero attached hydrogens (tertiary/aromatic N) is 2. The lowest BCUT2D eigenvalue weighted by Crippen LogP contribution is -2.43. The molecule has 0 saturated carbocycles. The van der Waals surface area contributed by atoms with Crippen molar-refractivity contribution in [1.82, 2.24) is 20.2 Å². The molecular weight excluding hydrogens is 260 g/mol. The third-order valence-electron chi connectivity index (χ3n) is 3.26. The van der Waals surface area contributed by atoms with Crippen LogP contribution in [0.5, 0.6) is 5.75 Å². The van der Waals surface area contributed by atoms with Crippen molar-refractivity contribution in [2.45, 2.75) is 5.16 Å². The number of ether oxygens (including phenoxy) is 1. The molecule has 1 fully saturated rings.